The molecule has 0 aliphatic rings. The largest absolute Gasteiger partial charge is 0.256 e. The monoisotopic (exact) mass is 385 g/mol. The van der Waals surface area contributed by atoms with Crippen molar-refractivity contribution in [2.75, 3.05) is 0 Å². The Morgan fingerprint density at radius 3 is 2.17 bits per heavy atom. The molecule has 0 aliphatic carbocycles. The van der Waals surface area contributed by atoms with E-state index in [4.69, 9.17) is 4.98 Å². The highest BCUT2D eigenvalue weighted by Gasteiger charge is 2.07. The summed E-state index contributed by atoms with van der Waals surface area (Å²) < 4.78 is 0. The molecule has 3 heterocycles. The number of aromatic nitrogens is 5. The minimum Gasteiger partial charge on any atom is -0.256 e. The highest BCUT2D eigenvalue weighted by Crippen LogP contribution is 2.28. The van der Waals surface area contributed by atoms with Crippen LogP contribution in [0.2, 0.25) is 0 Å². The van der Waals surface area contributed by atoms with Gasteiger partial charge in [0.2, 0.25) is 0 Å². The van der Waals surface area contributed by atoms with Crippen molar-refractivity contribution in [1.29, 1.82) is 0 Å². The molecule has 0 fully saturated rings. The third-order valence-electron chi connectivity index (χ3n) is 5.26. The molecule has 5 nitrogen and oxygen atoms in total. The Kier molecular flexibility index (Phi) is 3.71. The zero-order valence-corrected chi connectivity index (χ0v) is 15.9. The molecule has 3 aromatic heterocycles. The summed E-state index contributed by atoms with van der Waals surface area (Å²) >= 11 is 0. The molecule has 140 valence electrons. The zero-order valence-electron chi connectivity index (χ0n) is 15.9. The van der Waals surface area contributed by atoms with Gasteiger partial charge < -0.3 is 0 Å². The van der Waals surface area contributed by atoms with Crippen LogP contribution in [-0.2, 0) is 0 Å². The second-order valence-corrected chi connectivity index (χ2v) is 7.17. The Bertz CT molecular complexity index is 1440. The molecular formula is C25H15N5. The zero-order chi connectivity index (χ0) is 19.9. The number of pyridine rings is 1. The van der Waals surface area contributed by atoms with Crippen molar-refractivity contribution in [1.82, 2.24) is 24.9 Å². The number of hydrogen-bond donors (Lipinski definition) is 0. The number of rotatable bonds is 2. The van der Waals surface area contributed by atoms with Crippen molar-refractivity contribution in [2.45, 2.75) is 0 Å². The minimum atomic E-state index is 0.851. The highest BCUT2D eigenvalue weighted by molar-refractivity contribution is 5.90. The summed E-state index contributed by atoms with van der Waals surface area (Å²) in [5, 5.41) is 2.07. The number of nitrogens with zero attached hydrogens (tertiary/aromatic N) is 5. The second-order valence-electron chi connectivity index (χ2n) is 7.17. The second kappa shape index (κ2) is 6.67. The standard InChI is InChI=1S/C25H15N5/c1-2-4-24-23(3-1)28-14-25(30-24)17-6-8-21-18(10-17)11-19(13-27-21)16-5-7-22-20(9-16)12-26-15-29-22/h1-15H. The summed E-state index contributed by atoms with van der Waals surface area (Å²) in [5.41, 5.74) is 7.67. The average Bonchev–Trinajstić information content (AvgIpc) is 2.82. The van der Waals surface area contributed by atoms with E-state index in [0.29, 0.717) is 0 Å². The molecule has 0 aliphatic heterocycles. The van der Waals surface area contributed by atoms with Gasteiger partial charge in [-0.1, -0.05) is 24.3 Å². The van der Waals surface area contributed by atoms with Crippen LogP contribution in [0.15, 0.2) is 91.6 Å². The van der Waals surface area contributed by atoms with Gasteiger partial charge in [0.05, 0.1) is 34.0 Å². The number of hydrogen-bond acceptors (Lipinski definition) is 5. The Hall–Kier alpha value is -4.25. The first-order valence-corrected chi connectivity index (χ1v) is 9.66. The van der Waals surface area contributed by atoms with E-state index < -0.39 is 0 Å². The first-order chi connectivity index (χ1) is 14.8. The number of para-hydroxylation sites is 2. The van der Waals surface area contributed by atoms with Gasteiger partial charge in [-0.25, -0.2) is 15.0 Å². The fourth-order valence-corrected chi connectivity index (χ4v) is 3.71. The van der Waals surface area contributed by atoms with Crippen LogP contribution in [0.1, 0.15) is 0 Å². The lowest BCUT2D eigenvalue weighted by Gasteiger charge is -2.07. The van der Waals surface area contributed by atoms with Gasteiger partial charge in [-0.3, -0.25) is 9.97 Å². The summed E-state index contributed by atoms with van der Waals surface area (Å²) in [6.45, 7) is 0. The van der Waals surface area contributed by atoms with E-state index in [1.807, 2.05) is 61.1 Å². The fourth-order valence-electron chi connectivity index (χ4n) is 3.71. The van der Waals surface area contributed by atoms with Crippen molar-refractivity contribution in [3.63, 3.8) is 0 Å². The maximum atomic E-state index is 4.77. The summed E-state index contributed by atoms with van der Waals surface area (Å²) in [6, 6.07) is 22.4. The summed E-state index contributed by atoms with van der Waals surface area (Å²) in [7, 11) is 0. The van der Waals surface area contributed by atoms with Gasteiger partial charge in [0.25, 0.3) is 0 Å². The van der Waals surface area contributed by atoms with Crippen LogP contribution in [0.3, 0.4) is 0 Å². The van der Waals surface area contributed by atoms with Crippen LogP contribution >= 0.6 is 0 Å². The van der Waals surface area contributed by atoms with E-state index in [2.05, 4.69) is 44.2 Å². The van der Waals surface area contributed by atoms with E-state index in [1.54, 1.807) is 6.33 Å². The number of fused-ring (bicyclic) bond motifs is 3. The molecule has 6 rings (SSSR count). The first kappa shape index (κ1) is 16.7. The SMILES string of the molecule is c1ccc2nc(-c3ccc4ncc(-c5ccc6ncncc6c5)cc4c3)cnc2c1. The Labute approximate surface area is 172 Å². The quantitative estimate of drug-likeness (QED) is 0.396. The Morgan fingerprint density at radius 2 is 1.23 bits per heavy atom. The molecule has 0 unspecified atom stereocenters. The van der Waals surface area contributed by atoms with E-state index >= 15 is 0 Å². The maximum Gasteiger partial charge on any atom is 0.116 e. The van der Waals surface area contributed by atoms with Gasteiger partial charge in [-0.05, 0) is 48.0 Å². The highest BCUT2D eigenvalue weighted by atomic mass is 14.8. The lowest BCUT2D eigenvalue weighted by Crippen LogP contribution is -1.89. The molecule has 5 heteroatoms. The molecule has 0 bridgehead atoms. The molecule has 0 radical (unpaired) electrons. The molecule has 0 spiro atoms. The third-order valence-corrected chi connectivity index (χ3v) is 5.26. The molecule has 0 saturated carbocycles. The van der Waals surface area contributed by atoms with E-state index in [9.17, 15) is 0 Å². The van der Waals surface area contributed by atoms with Gasteiger partial charge in [-0.2, -0.15) is 0 Å². The molecule has 3 aromatic carbocycles. The van der Waals surface area contributed by atoms with Gasteiger partial charge in [0, 0.05) is 34.3 Å². The first-order valence-electron chi connectivity index (χ1n) is 9.66. The summed E-state index contributed by atoms with van der Waals surface area (Å²) in [5.74, 6) is 0. The van der Waals surface area contributed by atoms with Crippen LogP contribution in [0, 0.1) is 0 Å². The topological polar surface area (TPSA) is 64.5 Å². The lowest BCUT2D eigenvalue weighted by molar-refractivity contribution is 1.22. The maximum absolute atomic E-state index is 4.77. The summed E-state index contributed by atoms with van der Waals surface area (Å²) in [6.07, 6.45) is 7.13. The van der Waals surface area contributed by atoms with Gasteiger partial charge >= 0.3 is 0 Å². The van der Waals surface area contributed by atoms with Crippen LogP contribution in [-0.4, -0.2) is 24.9 Å². The fraction of sp³-hybridized carbons (Fsp3) is 0. The predicted molar refractivity (Wildman–Crippen MR) is 119 cm³/mol. The van der Waals surface area contributed by atoms with Crippen LogP contribution in [0.5, 0.6) is 0 Å². The van der Waals surface area contributed by atoms with E-state index in [1.165, 1.54) is 0 Å². The van der Waals surface area contributed by atoms with Crippen LogP contribution < -0.4 is 0 Å². The van der Waals surface area contributed by atoms with Gasteiger partial charge in [0.15, 0.2) is 0 Å². The van der Waals surface area contributed by atoms with Gasteiger partial charge in [0.1, 0.15) is 6.33 Å². The van der Waals surface area contributed by atoms with Crippen molar-refractivity contribution in [3.8, 4) is 22.4 Å². The predicted octanol–water partition coefficient (Wildman–Crippen LogP) is 5.46. The van der Waals surface area contributed by atoms with Crippen molar-refractivity contribution in [2.24, 2.45) is 0 Å². The van der Waals surface area contributed by atoms with Crippen molar-refractivity contribution >= 4 is 32.8 Å². The van der Waals surface area contributed by atoms with Crippen LogP contribution in [0.25, 0.3) is 55.2 Å². The smallest absolute Gasteiger partial charge is 0.116 e. The van der Waals surface area contributed by atoms with E-state index in [-0.39, 0.29) is 0 Å². The van der Waals surface area contributed by atoms with Gasteiger partial charge in [-0.15, -0.1) is 0 Å². The summed E-state index contributed by atoms with van der Waals surface area (Å²) in [4.78, 5) is 22.4. The Morgan fingerprint density at radius 1 is 0.500 bits per heavy atom. The molecule has 0 saturated heterocycles. The molecular weight excluding hydrogens is 370 g/mol. The lowest BCUT2D eigenvalue weighted by atomic mass is 10.0. The molecule has 0 amide bonds. The number of benzene rings is 3. The molecule has 30 heavy (non-hydrogen) atoms. The molecule has 6 aromatic rings. The molecule has 0 N–H and O–H groups in total. The van der Waals surface area contributed by atoms with Crippen molar-refractivity contribution in [3.05, 3.63) is 91.6 Å². The van der Waals surface area contributed by atoms with E-state index in [0.717, 1.165) is 55.2 Å². The Balaban J connectivity index is 1.46. The normalized spacial score (nSPS) is 11.3. The van der Waals surface area contributed by atoms with Crippen LogP contribution in [0.4, 0.5) is 0 Å². The molecule has 0 atom stereocenters. The van der Waals surface area contributed by atoms with Crippen molar-refractivity contribution < 1.29 is 0 Å². The average molecular weight is 385 g/mol. The minimum absolute atomic E-state index is 0.851. The third kappa shape index (κ3) is 2.84.